The maximum atomic E-state index is 13.0. The molecule has 176 valence electrons. The molecule has 2 N–H and O–H groups in total. The first-order valence-electron chi connectivity index (χ1n) is 10.7. The van der Waals surface area contributed by atoms with Gasteiger partial charge in [-0.2, -0.15) is 0 Å². The van der Waals surface area contributed by atoms with Gasteiger partial charge in [0.2, 0.25) is 0 Å². The second-order valence-corrected chi connectivity index (χ2v) is 9.84. The first-order valence-corrected chi connectivity index (χ1v) is 12.6. The van der Waals surface area contributed by atoms with Crippen LogP contribution in [0.5, 0.6) is 5.75 Å². The molecular weight excluding hydrogens is 493 g/mol. The highest BCUT2D eigenvalue weighted by Gasteiger charge is 2.20. The predicted molar refractivity (Wildman–Crippen MR) is 136 cm³/mol. The van der Waals surface area contributed by atoms with Crippen LogP contribution in [-0.4, -0.2) is 26.7 Å². The van der Waals surface area contributed by atoms with Gasteiger partial charge in [0.15, 0.2) is 11.0 Å². The molecule has 0 spiro atoms. The van der Waals surface area contributed by atoms with Crippen LogP contribution in [0.25, 0.3) is 10.9 Å². The Kier molecular flexibility index (Phi) is 7.56. The summed E-state index contributed by atoms with van der Waals surface area (Å²) in [5, 5.41) is 1.98. The minimum atomic E-state index is -1.77. The van der Waals surface area contributed by atoms with Crippen LogP contribution in [0, 0.1) is 13.8 Å². The summed E-state index contributed by atoms with van der Waals surface area (Å²) in [7, 11) is -1.77. The number of para-hydroxylation sites is 1. The zero-order chi connectivity index (χ0) is 24.2. The molecule has 0 radical (unpaired) electrons. The number of pyridine rings is 1. The number of ether oxygens (including phenoxy) is 1. The standard InChI is InChI=1S/C25H23Cl2N3O3S/c1-15-12-17(13-16(2)23(15)27)33-11-5-7-20-19-6-3-4-8-21(19)29-24(20)25(31)30-34(32)18-9-10-22(26)28-14-18/h3-4,6,8-10,12-14,29H,5,7,11H2,1-2H3,(H,30,31). The molecule has 6 nitrogen and oxygen atoms in total. The quantitative estimate of drug-likeness (QED) is 0.224. The Hall–Kier alpha value is -2.87. The number of aromatic amines is 1. The van der Waals surface area contributed by atoms with Crippen LogP contribution in [0.4, 0.5) is 0 Å². The Morgan fingerprint density at radius 3 is 2.56 bits per heavy atom. The maximum absolute atomic E-state index is 13.0. The SMILES string of the molecule is Cc1cc(OCCCc2c(C(=O)NS(=O)c3ccc(Cl)nc3)[nH]c3ccccc23)cc(C)c1Cl. The number of amides is 1. The number of rotatable bonds is 8. The van der Waals surface area contributed by atoms with Crippen molar-refractivity contribution in [1.29, 1.82) is 0 Å². The summed E-state index contributed by atoms with van der Waals surface area (Å²) < 4.78 is 21.1. The number of halogens is 2. The van der Waals surface area contributed by atoms with Crippen LogP contribution < -0.4 is 9.46 Å². The average Bonchev–Trinajstić information content (AvgIpc) is 3.19. The van der Waals surface area contributed by atoms with Crippen molar-refractivity contribution < 1.29 is 13.7 Å². The summed E-state index contributed by atoms with van der Waals surface area (Å²) >= 11 is 12.0. The lowest BCUT2D eigenvalue weighted by Crippen LogP contribution is -2.27. The van der Waals surface area contributed by atoms with Gasteiger partial charge in [0.1, 0.15) is 16.6 Å². The summed E-state index contributed by atoms with van der Waals surface area (Å²) in [6, 6.07) is 14.6. The number of aromatic nitrogens is 2. The smallest absolute Gasteiger partial charge is 0.279 e. The van der Waals surface area contributed by atoms with Gasteiger partial charge in [-0.15, -0.1) is 0 Å². The van der Waals surface area contributed by atoms with E-state index in [1.807, 2.05) is 50.2 Å². The number of benzene rings is 2. The first-order chi connectivity index (χ1) is 16.3. The van der Waals surface area contributed by atoms with Gasteiger partial charge in [0.05, 0.1) is 11.5 Å². The molecule has 2 aromatic heterocycles. The Morgan fingerprint density at radius 1 is 1.12 bits per heavy atom. The van der Waals surface area contributed by atoms with Crippen molar-refractivity contribution in [3.05, 3.63) is 87.3 Å². The van der Waals surface area contributed by atoms with Crippen molar-refractivity contribution in [2.24, 2.45) is 0 Å². The Bertz CT molecular complexity index is 1350. The van der Waals surface area contributed by atoms with Crippen LogP contribution in [0.15, 0.2) is 59.6 Å². The molecule has 0 bridgehead atoms. The van der Waals surface area contributed by atoms with Crippen molar-refractivity contribution >= 4 is 51.0 Å². The number of nitrogens with one attached hydrogen (secondary N) is 2. The van der Waals surface area contributed by atoms with Crippen LogP contribution in [-0.2, 0) is 17.4 Å². The molecular formula is C25H23Cl2N3O3S. The molecule has 2 heterocycles. The molecule has 0 aliphatic carbocycles. The lowest BCUT2D eigenvalue weighted by Gasteiger charge is -2.10. The second kappa shape index (κ2) is 10.6. The fourth-order valence-corrected chi connectivity index (χ4v) is 4.70. The molecule has 4 aromatic rings. The van der Waals surface area contributed by atoms with Gasteiger partial charge >= 0.3 is 0 Å². The molecule has 0 aliphatic rings. The minimum absolute atomic E-state index is 0.288. The number of hydrogen-bond acceptors (Lipinski definition) is 4. The predicted octanol–water partition coefficient (Wildman–Crippen LogP) is 5.95. The third kappa shape index (κ3) is 5.43. The maximum Gasteiger partial charge on any atom is 0.279 e. The van der Waals surface area contributed by atoms with E-state index in [9.17, 15) is 9.00 Å². The normalized spacial score (nSPS) is 12.0. The Labute approximate surface area is 210 Å². The van der Waals surface area contributed by atoms with Crippen molar-refractivity contribution in [2.45, 2.75) is 31.6 Å². The van der Waals surface area contributed by atoms with E-state index in [1.165, 1.54) is 12.3 Å². The third-order valence-electron chi connectivity index (χ3n) is 5.39. The van der Waals surface area contributed by atoms with E-state index in [2.05, 4.69) is 14.7 Å². The number of aryl methyl sites for hydroxylation is 3. The lowest BCUT2D eigenvalue weighted by atomic mass is 10.1. The number of H-pyrrole nitrogens is 1. The molecule has 4 rings (SSSR count). The van der Waals surface area contributed by atoms with E-state index in [1.54, 1.807) is 6.07 Å². The molecule has 0 aliphatic heterocycles. The van der Waals surface area contributed by atoms with Gasteiger partial charge in [-0.3, -0.25) is 9.52 Å². The molecule has 2 aromatic carbocycles. The van der Waals surface area contributed by atoms with E-state index in [0.29, 0.717) is 30.0 Å². The number of carbonyl (C=O) groups excluding carboxylic acids is 1. The molecule has 34 heavy (non-hydrogen) atoms. The topological polar surface area (TPSA) is 84.1 Å². The van der Waals surface area contributed by atoms with E-state index < -0.39 is 16.9 Å². The summed E-state index contributed by atoms with van der Waals surface area (Å²) in [6.07, 6.45) is 2.67. The van der Waals surface area contributed by atoms with Crippen molar-refractivity contribution in [2.75, 3.05) is 6.61 Å². The van der Waals surface area contributed by atoms with E-state index in [4.69, 9.17) is 27.9 Å². The number of fused-ring (bicyclic) bond motifs is 1. The zero-order valence-electron chi connectivity index (χ0n) is 18.7. The van der Waals surface area contributed by atoms with Crippen molar-refractivity contribution in [3.63, 3.8) is 0 Å². The summed E-state index contributed by atoms with van der Waals surface area (Å²) in [6.45, 7) is 4.37. The largest absolute Gasteiger partial charge is 0.494 e. The number of hydrogen-bond donors (Lipinski definition) is 2. The lowest BCUT2D eigenvalue weighted by molar-refractivity contribution is 0.0978. The molecule has 1 amide bonds. The van der Waals surface area contributed by atoms with Crippen molar-refractivity contribution in [3.8, 4) is 5.75 Å². The van der Waals surface area contributed by atoms with E-state index in [0.717, 1.165) is 38.4 Å². The van der Waals surface area contributed by atoms with Crippen LogP contribution in [0.3, 0.4) is 0 Å². The molecule has 1 unspecified atom stereocenters. The van der Waals surface area contributed by atoms with E-state index >= 15 is 0 Å². The summed E-state index contributed by atoms with van der Waals surface area (Å²) in [5.41, 5.74) is 4.01. The second-order valence-electron chi connectivity index (χ2n) is 7.86. The molecule has 1 atom stereocenters. The fraction of sp³-hybridized carbons (Fsp3) is 0.200. The third-order valence-corrected chi connectivity index (χ3v) is 7.25. The van der Waals surface area contributed by atoms with Gasteiger partial charge in [-0.25, -0.2) is 9.19 Å². The number of carbonyl (C=O) groups is 1. The Morgan fingerprint density at radius 2 is 1.85 bits per heavy atom. The van der Waals surface area contributed by atoms with Crippen molar-refractivity contribution in [1.82, 2.24) is 14.7 Å². The van der Waals surface area contributed by atoms with Gasteiger partial charge < -0.3 is 9.72 Å². The van der Waals surface area contributed by atoms with E-state index in [-0.39, 0.29) is 5.15 Å². The molecule has 0 saturated carbocycles. The summed E-state index contributed by atoms with van der Waals surface area (Å²) in [4.78, 5) is 20.5. The fourth-order valence-electron chi connectivity index (χ4n) is 3.75. The number of nitrogens with zero attached hydrogens (tertiary/aromatic N) is 1. The molecule has 9 heteroatoms. The minimum Gasteiger partial charge on any atom is -0.494 e. The zero-order valence-corrected chi connectivity index (χ0v) is 21.0. The highest BCUT2D eigenvalue weighted by Crippen LogP contribution is 2.27. The Balaban J connectivity index is 1.48. The van der Waals surface area contributed by atoms with Gasteiger partial charge in [-0.05, 0) is 73.7 Å². The van der Waals surface area contributed by atoms with Crippen LogP contribution >= 0.6 is 23.2 Å². The van der Waals surface area contributed by atoms with Crippen LogP contribution in [0.1, 0.15) is 33.6 Å². The highest BCUT2D eigenvalue weighted by molar-refractivity contribution is 7.83. The van der Waals surface area contributed by atoms with Gasteiger partial charge in [-0.1, -0.05) is 41.4 Å². The average molecular weight is 516 g/mol. The van der Waals surface area contributed by atoms with Crippen LogP contribution in [0.2, 0.25) is 10.2 Å². The van der Waals surface area contributed by atoms with Gasteiger partial charge in [0.25, 0.3) is 5.91 Å². The molecule has 0 saturated heterocycles. The van der Waals surface area contributed by atoms with Gasteiger partial charge in [0, 0.05) is 22.1 Å². The highest BCUT2D eigenvalue weighted by atomic mass is 35.5. The monoisotopic (exact) mass is 515 g/mol. The first kappa shape index (κ1) is 24.3. The molecule has 0 fully saturated rings. The summed E-state index contributed by atoms with van der Waals surface area (Å²) in [5.74, 6) is 0.313.